The minimum Gasteiger partial charge on any atom is -0.508 e. The van der Waals surface area contributed by atoms with Crippen molar-refractivity contribution in [1.82, 2.24) is 16.0 Å². The average Bonchev–Trinajstić information content (AvgIpc) is 2.91. The van der Waals surface area contributed by atoms with Crippen LogP contribution in [0.4, 0.5) is 4.79 Å². The lowest BCUT2D eigenvalue weighted by Crippen LogP contribution is -2.56. The number of rotatable bonds is 14. The molecule has 234 valence electrons. The molecule has 0 aliphatic rings. The van der Waals surface area contributed by atoms with Crippen molar-refractivity contribution in [2.24, 2.45) is 5.92 Å². The SMILES string of the molecule is CCOC(=O)/C=C/[C@H](Cc1ccc(O)cc1)NC(=O)[C@H](Cc1ccccc1)NC(=O)[C@H](CC(C)C)NC(=O)OC(C)(C)C. The van der Waals surface area contributed by atoms with Gasteiger partial charge in [0.05, 0.1) is 12.6 Å². The molecule has 4 N–H and O–H groups in total. The Hall–Kier alpha value is -4.34. The van der Waals surface area contributed by atoms with Gasteiger partial charge in [0, 0.05) is 12.5 Å². The molecule has 0 heterocycles. The van der Waals surface area contributed by atoms with Crippen LogP contribution in [-0.4, -0.2) is 59.3 Å². The number of ether oxygens (including phenoxy) is 2. The molecule has 2 rings (SSSR count). The molecule has 43 heavy (non-hydrogen) atoms. The summed E-state index contributed by atoms with van der Waals surface area (Å²) in [5.74, 6) is -1.38. The van der Waals surface area contributed by atoms with Crippen molar-refractivity contribution in [2.75, 3.05) is 6.61 Å². The summed E-state index contributed by atoms with van der Waals surface area (Å²) in [4.78, 5) is 51.8. The zero-order chi connectivity index (χ0) is 32.0. The van der Waals surface area contributed by atoms with Crippen LogP contribution in [0.25, 0.3) is 0 Å². The highest BCUT2D eigenvalue weighted by Crippen LogP contribution is 2.14. The molecule has 0 bridgehead atoms. The molecular formula is C33H45N3O7. The molecule has 0 unspecified atom stereocenters. The van der Waals surface area contributed by atoms with Crippen LogP contribution in [0.3, 0.4) is 0 Å². The highest BCUT2D eigenvalue weighted by molar-refractivity contribution is 5.91. The van der Waals surface area contributed by atoms with E-state index in [4.69, 9.17) is 9.47 Å². The minimum atomic E-state index is -0.997. The van der Waals surface area contributed by atoms with Gasteiger partial charge in [-0.15, -0.1) is 0 Å². The van der Waals surface area contributed by atoms with E-state index in [9.17, 15) is 24.3 Å². The Morgan fingerprint density at radius 3 is 2.02 bits per heavy atom. The minimum absolute atomic E-state index is 0.0646. The molecule has 2 aromatic carbocycles. The molecule has 0 radical (unpaired) electrons. The molecule has 0 saturated heterocycles. The largest absolute Gasteiger partial charge is 0.508 e. The Balaban J connectivity index is 2.32. The van der Waals surface area contributed by atoms with Crippen molar-refractivity contribution in [3.8, 4) is 5.75 Å². The third kappa shape index (κ3) is 13.9. The fourth-order valence-electron chi connectivity index (χ4n) is 4.21. The monoisotopic (exact) mass is 595 g/mol. The lowest BCUT2D eigenvalue weighted by Gasteiger charge is -2.27. The van der Waals surface area contributed by atoms with Crippen LogP contribution in [0.5, 0.6) is 5.75 Å². The molecule has 0 aliphatic carbocycles. The Labute approximate surface area is 254 Å². The van der Waals surface area contributed by atoms with Crippen molar-refractivity contribution < 1.29 is 33.8 Å². The first kappa shape index (κ1) is 34.9. The van der Waals surface area contributed by atoms with Gasteiger partial charge in [0.1, 0.15) is 23.4 Å². The van der Waals surface area contributed by atoms with E-state index >= 15 is 0 Å². The summed E-state index contributed by atoms with van der Waals surface area (Å²) >= 11 is 0. The quantitative estimate of drug-likeness (QED) is 0.189. The molecule has 0 spiro atoms. The van der Waals surface area contributed by atoms with Gasteiger partial charge in [0.2, 0.25) is 11.8 Å². The fourth-order valence-corrected chi connectivity index (χ4v) is 4.21. The maximum atomic E-state index is 13.7. The lowest BCUT2D eigenvalue weighted by molar-refractivity contribution is -0.137. The number of alkyl carbamates (subject to hydrolysis) is 1. The summed E-state index contributed by atoms with van der Waals surface area (Å²) in [7, 11) is 0. The van der Waals surface area contributed by atoms with Crippen LogP contribution in [0.2, 0.25) is 0 Å². The standard InChI is InChI=1S/C33H45N3O7/c1-7-42-29(38)18-15-25(20-24-13-16-26(37)17-14-24)34-30(39)28(21-23-11-9-8-10-12-23)35-31(40)27(19-22(2)3)36-32(41)43-33(4,5)6/h8-18,22,25,27-28,37H,7,19-21H2,1-6H3,(H,34,39)(H,35,40)(H,36,41)/b18-15+/t25-,27+,28+/m1/s1. The van der Waals surface area contributed by atoms with E-state index in [0.29, 0.717) is 12.8 Å². The van der Waals surface area contributed by atoms with Crippen LogP contribution in [-0.2, 0) is 36.7 Å². The summed E-state index contributed by atoms with van der Waals surface area (Å²) in [6.07, 6.45) is 2.89. The maximum absolute atomic E-state index is 13.7. The van der Waals surface area contributed by atoms with Gasteiger partial charge in [0.15, 0.2) is 0 Å². The van der Waals surface area contributed by atoms with E-state index in [1.807, 2.05) is 44.2 Å². The second-order valence-corrected chi connectivity index (χ2v) is 11.7. The smallest absolute Gasteiger partial charge is 0.408 e. The molecule has 3 atom stereocenters. The van der Waals surface area contributed by atoms with Crippen molar-refractivity contribution in [2.45, 2.75) is 84.5 Å². The first-order valence-electron chi connectivity index (χ1n) is 14.5. The summed E-state index contributed by atoms with van der Waals surface area (Å²) < 4.78 is 10.3. The second-order valence-electron chi connectivity index (χ2n) is 11.7. The number of esters is 1. The van der Waals surface area contributed by atoms with Crippen molar-refractivity contribution in [1.29, 1.82) is 0 Å². The third-order valence-electron chi connectivity index (χ3n) is 6.10. The number of carbonyl (C=O) groups excluding carboxylic acids is 4. The molecule has 0 saturated carbocycles. The highest BCUT2D eigenvalue weighted by Gasteiger charge is 2.30. The number of hydrogen-bond donors (Lipinski definition) is 4. The maximum Gasteiger partial charge on any atom is 0.408 e. The van der Waals surface area contributed by atoms with Crippen LogP contribution >= 0.6 is 0 Å². The van der Waals surface area contributed by atoms with Crippen molar-refractivity contribution in [3.63, 3.8) is 0 Å². The molecule has 0 aliphatic heterocycles. The van der Waals surface area contributed by atoms with E-state index in [-0.39, 0.29) is 24.7 Å². The lowest BCUT2D eigenvalue weighted by atomic mass is 10.0. The van der Waals surface area contributed by atoms with Gasteiger partial charge in [-0.05, 0) is 69.7 Å². The van der Waals surface area contributed by atoms with Gasteiger partial charge < -0.3 is 30.5 Å². The molecule has 0 fully saturated rings. The third-order valence-corrected chi connectivity index (χ3v) is 6.10. The predicted octanol–water partition coefficient (Wildman–Crippen LogP) is 4.21. The molecule has 10 heteroatoms. The number of phenols is 1. The number of hydrogen-bond acceptors (Lipinski definition) is 7. The number of benzene rings is 2. The molecule has 2 aromatic rings. The fraction of sp³-hybridized carbons (Fsp3) is 0.455. The summed E-state index contributed by atoms with van der Waals surface area (Å²) in [5, 5.41) is 18.1. The van der Waals surface area contributed by atoms with Gasteiger partial charge in [-0.3, -0.25) is 9.59 Å². The van der Waals surface area contributed by atoms with Gasteiger partial charge in [0.25, 0.3) is 0 Å². The van der Waals surface area contributed by atoms with E-state index in [2.05, 4.69) is 16.0 Å². The van der Waals surface area contributed by atoms with E-state index < -0.39 is 47.6 Å². The Kier molecular flexibility index (Phi) is 13.7. The molecular weight excluding hydrogens is 550 g/mol. The number of phenolic OH excluding ortho intramolecular Hbond substituents is 1. The van der Waals surface area contributed by atoms with Gasteiger partial charge >= 0.3 is 12.1 Å². The number of nitrogens with one attached hydrogen (secondary N) is 3. The van der Waals surface area contributed by atoms with Crippen LogP contribution in [0.1, 0.15) is 59.1 Å². The zero-order valence-corrected chi connectivity index (χ0v) is 25.9. The highest BCUT2D eigenvalue weighted by atomic mass is 16.6. The molecule has 3 amide bonds. The van der Waals surface area contributed by atoms with Gasteiger partial charge in [-0.2, -0.15) is 0 Å². The van der Waals surface area contributed by atoms with E-state index in [0.717, 1.165) is 11.1 Å². The topological polar surface area (TPSA) is 143 Å². The van der Waals surface area contributed by atoms with Gasteiger partial charge in [-0.1, -0.05) is 62.4 Å². The molecule has 0 aromatic heterocycles. The van der Waals surface area contributed by atoms with Crippen LogP contribution in [0, 0.1) is 5.92 Å². The van der Waals surface area contributed by atoms with Crippen molar-refractivity contribution in [3.05, 3.63) is 77.9 Å². The second kappa shape index (κ2) is 16.9. The number of aromatic hydroxyl groups is 1. The Bertz CT molecular complexity index is 1220. The summed E-state index contributed by atoms with van der Waals surface area (Å²) in [5.41, 5.74) is 0.877. The Morgan fingerprint density at radius 1 is 0.837 bits per heavy atom. The van der Waals surface area contributed by atoms with Crippen molar-refractivity contribution >= 4 is 23.9 Å². The van der Waals surface area contributed by atoms with E-state index in [1.165, 1.54) is 24.3 Å². The first-order valence-corrected chi connectivity index (χ1v) is 14.5. The number of carbonyl (C=O) groups is 4. The average molecular weight is 596 g/mol. The first-order chi connectivity index (χ1) is 20.3. The normalized spacial score (nSPS) is 13.6. The van der Waals surface area contributed by atoms with Gasteiger partial charge in [-0.25, -0.2) is 9.59 Å². The van der Waals surface area contributed by atoms with E-state index in [1.54, 1.807) is 39.8 Å². The van der Waals surface area contributed by atoms with Crippen LogP contribution in [0.15, 0.2) is 66.7 Å². The Morgan fingerprint density at radius 2 is 1.44 bits per heavy atom. The van der Waals surface area contributed by atoms with Crippen LogP contribution < -0.4 is 16.0 Å². The summed E-state index contributed by atoms with van der Waals surface area (Å²) in [6, 6.07) is 13.2. The molecule has 10 nitrogen and oxygen atoms in total. The predicted molar refractivity (Wildman–Crippen MR) is 164 cm³/mol. The summed E-state index contributed by atoms with van der Waals surface area (Å²) in [6.45, 7) is 10.9. The zero-order valence-electron chi connectivity index (χ0n) is 25.9. The number of amides is 3.